The predicted molar refractivity (Wildman–Crippen MR) is 86.0 cm³/mol. The molecule has 1 N–H and O–H groups in total. The fraction of sp³-hybridized carbons (Fsp3) is 0.312. The van der Waals surface area contributed by atoms with E-state index in [1.54, 1.807) is 23.5 Å². The van der Waals surface area contributed by atoms with Crippen molar-refractivity contribution < 1.29 is 4.79 Å². The molecule has 114 valence electrons. The molecule has 1 amide bonds. The van der Waals surface area contributed by atoms with Crippen LogP contribution in [0.3, 0.4) is 0 Å². The summed E-state index contributed by atoms with van der Waals surface area (Å²) in [6.07, 6.45) is 5.79. The van der Waals surface area contributed by atoms with Crippen molar-refractivity contribution in [2.75, 3.05) is 18.5 Å². The minimum absolute atomic E-state index is 0.0206. The molecule has 1 heterocycles. The molecule has 5 nitrogen and oxygen atoms in total. The van der Waals surface area contributed by atoms with E-state index in [-0.39, 0.29) is 18.5 Å². The third-order valence-corrected chi connectivity index (χ3v) is 4.11. The molecule has 6 heteroatoms. The van der Waals surface area contributed by atoms with E-state index in [9.17, 15) is 4.79 Å². The lowest BCUT2D eigenvalue weighted by Gasteiger charge is -2.17. The number of hydrogen-bond donors (Lipinski definition) is 1. The summed E-state index contributed by atoms with van der Waals surface area (Å²) < 4.78 is 0. The molecule has 1 aromatic carbocycles. The van der Waals surface area contributed by atoms with Crippen molar-refractivity contribution in [2.24, 2.45) is 0 Å². The number of benzene rings is 1. The van der Waals surface area contributed by atoms with Crippen LogP contribution in [0, 0.1) is 0 Å². The summed E-state index contributed by atoms with van der Waals surface area (Å²) in [7, 11) is 1.82. The highest BCUT2D eigenvalue weighted by molar-refractivity contribution is 6.31. The largest absolute Gasteiger partial charge is 0.351 e. The van der Waals surface area contributed by atoms with Gasteiger partial charge in [-0.2, -0.15) is 0 Å². The third kappa shape index (κ3) is 3.36. The summed E-state index contributed by atoms with van der Waals surface area (Å²) in [4.78, 5) is 22.0. The topological polar surface area (TPSA) is 58.1 Å². The number of carbonyl (C=O) groups excluding carboxylic acids is 1. The lowest BCUT2D eigenvalue weighted by Crippen LogP contribution is -2.37. The van der Waals surface area contributed by atoms with E-state index < -0.39 is 0 Å². The molecule has 1 aliphatic rings. The minimum atomic E-state index is -0.0206. The Morgan fingerprint density at radius 3 is 2.95 bits per heavy atom. The van der Waals surface area contributed by atoms with Crippen LogP contribution in [0.1, 0.15) is 17.9 Å². The Kier molecular flexibility index (Phi) is 4.24. The van der Waals surface area contributed by atoms with Crippen LogP contribution in [0.15, 0.2) is 42.9 Å². The van der Waals surface area contributed by atoms with Crippen molar-refractivity contribution in [3.63, 3.8) is 0 Å². The van der Waals surface area contributed by atoms with Gasteiger partial charge in [0.25, 0.3) is 0 Å². The fourth-order valence-corrected chi connectivity index (χ4v) is 2.79. The summed E-state index contributed by atoms with van der Waals surface area (Å²) >= 11 is 6.19. The predicted octanol–water partition coefficient (Wildman–Crippen LogP) is 2.24. The quantitative estimate of drug-likeness (QED) is 0.919. The van der Waals surface area contributed by atoms with Gasteiger partial charge in [-0.3, -0.25) is 9.78 Å². The first-order valence-corrected chi connectivity index (χ1v) is 7.54. The van der Waals surface area contributed by atoms with E-state index in [0.29, 0.717) is 11.7 Å². The van der Waals surface area contributed by atoms with Gasteiger partial charge in [0.15, 0.2) is 0 Å². The number of aromatic nitrogens is 2. The molecular weight excluding hydrogens is 300 g/mol. The molecule has 3 rings (SSSR count). The molecule has 1 aromatic heterocycles. The van der Waals surface area contributed by atoms with Crippen LogP contribution < -0.4 is 10.2 Å². The van der Waals surface area contributed by atoms with Crippen LogP contribution in [0.4, 0.5) is 5.82 Å². The highest BCUT2D eigenvalue weighted by Gasteiger charge is 2.40. The van der Waals surface area contributed by atoms with Crippen molar-refractivity contribution in [2.45, 2.75) is 18.4 Å². The van der Waals surface area contributed by atoms with E-state index in [2.05, 4.69) is 15.3 Å². The van der Waals surface area contributed by atoms with Gasteiger partial charge in [0.1, 0.15) is 5.82 Å². The van der Waals surface area contributed by atoms with Gasteiger partial charge in [-0.25, -0.2) is 4.98 Å². The summed E-state index contributed by atoms with van der Waals surface area (Å²) in [5.41, 5.74) is 1.11. The molecule has 1 aliphatic carbocycles. The first-order chi connectivity index (χ1) is 10.6. The molecule has 0 spiro atoms. The van der Waals surface area contributed by atoms with Crippen LogP contribution >= 0.6 is 11.6 Å². The number of likely N-dealkylation sites (N-methyl/N-ethyl adjacent to an activating group) is 1. The Morgan fingerprint density at radius 2 is 2.23 bits per heavy atom. The maximum absolute atomic E-state index is 12.1. The number of nitrogens with zero attached hydrogens (tertiary/aromatic N) is 3. The lowest BCUT2D eigenvalue weighted by atomic mass is 10.1. The third-order valence-electron chi connectivity index (χ3n) is 3.76. The van der Waals surface area contributed by atoms with E-state index in [0.717, 1.165) is 17.0 Å². The van der Waals surface area contributed by atoms with Crippen LogP contribution in [0.25, 0.3) is 0 Å². The van der Waals surface area contributed by atoms with Crippen molar-refractivity contribution >= 4 is 23.3 Å². The smallest absolute Gasteiger partial charge is 0.239 e. The minimum Gasteiger partial charge on any atom is -0.351 e. The van der Waals surface area contributed by atoms with Gasteiger partial charge < -0.3 is 10.2 Å². The standard InChI is InChI=1S/C16H17ClN4O/c1-21(15-9-18-6-7-19-15)10-16(22)20-14-8-12(14)11-4-2-3-5-13(11)17/h2-7,9,12,14H,8,10H2,1H3,(H,20,22). The fourth-order valence-electron chi connectivity index (χ4n) is 2.51. The van der Waals surface area contributed by atoms with E-state index in [1.807, 2.05) is 31.3 Å². The van der Waals surface area contributed by atoms with Crippen molar-refractivity contribution in [1.29, 1.82) is 0 Å². The molecule has 0 saturated heterocycles. The highest BCUT2D eigenvalue weighted by Crippen LogP contribution is 2.43. The molecule has 0 radical (unpaired) electrons. The number of carbonyl (C=O) groups is 1. The summed E-state index contributed by atoms with van der Waals surface area (Å²) in [5, 5.41) is 3.81. The van der Waals surface area contributed by atoms with Crippen molar-refractivity contribution in [1.82, 2.24) is 15.3 Å². The molecule has 2 aromatic rings. The van der Waals surface area contributed by atoms with E-state index >= 15 is 0 Å². The molecule has 2 unspecified atom stereocenters. The van der Waals surface area contributed by atoms with E-state index in [1.165, 1.54) is 0 Å². The first kappa shape index (κ1) is 14.8. The maximum Gasteiger partial charge on any atom is 0.239 e. The van der Waals surface area contributed by atoms with Crippen LogP contribution in [0.5, 0.6) is 0 Å². The van der Waals surface area contributed by atoms with Gasteiger partial charge in [-0.1, -0.05) is 29.8 Å². The second-order valence-electron chi connectivity index (χ2n) is 5.46. The summed E-state index contributed by atoms with van der Waals surface area (Å²) in [5.74, 6) is 0.975. The number of rotatable bonds is 5. The summed E-state index contributed by atoms with van der Waals surface area (Å²) in [6.45, 7) is 0.254. The summed E-state index contributed by atoms with van der Waals surface area (Å²) in [6, 6.07) is 7.96. The molecule has 1 saturated carbocycles. The Morgan fingerprint density at radius 1 is 1.41 bits per heavy atom. The normalized spacial score (nSPS) is 19.5. The number of hydrogen-bond acceptors (Lipinski definition) is 4. The zero-order chi connectivity index (χ0) is 15.5. The van der Waals surface area contributed by atoms with Gasteiger partial charge in [-0.15, -0.1) is 0 Å². The average molecular weight is 317 g/mol. The molecule has 2 atom stereocenters. The Labute approximate surface area is 134 Å². The van der Waals surface area contributed by atoms with Crippen LogP contribution in [0.2, 0.25) is 5.02 Å². The van der Waals surface area contributed by atoms with Crippen molar-refractivity contribution in [3.8, 4) is 0 Å². The van der Waals surface area contributed by atoms with Gasteiger partial charge in [-0.05, 0) is 18.1 Å². The van der Waals surface area contributed by atoms with Crippen molar-refractivity contribution in [3.05, 3.63) is 53.4 Å². The average Bonchev–Trinajstić information content (AvgIpc) is 3.27. The van der Waals surface area contributed by atoms with Gasteiger partial charge in [0, 0.05) is 36.4 Å². The van der Waals surface area contributed by atoms with Gasteiger partial charge >= 0.3 is 0 Å². The molecular formula is C16H17ClN4O. The molecule has 1 fully saturated rings. The number of amides is 1. The highest BCUT2D eigenvalue weighted by atomic mass is 35.5. The lowest BCUT2D eigenvalue weighted by molar-refractivity contribution is -0.119. The number of anilines is 1. The zero-order valence-corrected chi connectivity index (χ0v) is 13.0. The molecule has 0 aliphatic heterocycles. The van der Waals surface area contributed by atoms with Gasteiger partial charge in [0.05, 0.1) is 12.7 Å². The van der Waals surface area contributed by atoms with Crippen LogP contribution in [-0.2, 0) is 4.79 Å². The number of halogens is 1. The first-order valence-electron chi connectivity index (χ1n) is 7.16. The second kappa shape index (κ2) is 6.32. The second-order valence-corrected chi connectivity index (χ2v) is 5.86. The zero-order valence-electron chi connectivity index (χ0n) is 12.2. The maximum atomic E-state index is 12.1. The molecule has 0 bridgehead atoms. The Balaban J connectivity index is 1.53. The Hall–Kier alpha value is -2.14. The Bertz CT molecular complexity index is 664. The van der Waals surface area contributed by atoms with Gasteiger partial charge in [0.2, 0.25) is 5.91 Å². The monoisotopic (exact) mass is 316 g/mol. The number of nitrogens with one attached hydrogen (secondary N) is 1. The van der Waals surface area contributed by atoms with E-state index in [4.69, 9.17) is 11.6 Å². The van der Waals surface area contributed by atoms with Crippen LogP contribution in [-0.4, -0.2) is 35.5 Å². The SMILES string of the molecule is CN(CC(=O)NC1CC1c1ccccc1Cl)c1cnccn1. The molecule has 22 heavy (non-hydrogen) atoms.